The molecular formula is C25H26ClF2IN4O3. The lowest BCUT2D eigenvalue weighted by Gasteiger charge is -2.27. The molecule has 36 heavy (non-hydrogen) atoms. The second-order valence-corrected chi connectivity index (χ2v) is 11.1. The van der Waals surface area contributed by atoms with Gasteiger partial charge in [0.1, 0.15) is 17.7 Å². The number of aliphatic hydroxyl groups excluding tert-OH is 1. The zero-order valence-corrected chi connectivity index (χ0v) is 22.5. The van der Waals surface area contributed by atoms with Crippen molar-refractivity contribution in [1.29, 1.82) is 0 Å². The van der Waals surface area contributed by atoms with Crippen molar-refractivity contribution in [1.82, 2.24) is 9.13 Å². The van der Waals surface area contributed by atoms with Crippen molar-refractivity contribution < 1.29 is 13.9 Å². The third kappa shape index (κ3) is 5.25. The van der Waals surface area contributed by atoms with Gasteiger partial charge in [0.25, 0.3) is 5.56 Å². The second kappa shape index (κ2) is 10.8. The van der Waals surface area contributed by atoms with Crippen LogP contribution in [-0.2, 0) is 30.5 Å². The zero-order valence-electron chi connectivity index (χ0n) is 19.6. The molecule has 0 saturated heterocycles. The summed E-state index contributed by atoms with van der Waals surface area (Å²) < 4.78 is 31.7. The standard InChI is InChI=1S/C25H26ClF2IN4O3/c1-29-25(27,28)18-6-3-5-17(13-18)14-20-30-22-21(33(20)15-16-7-9-19(26)10-8-16)23(35)32(11-4-12-34)24(36)31(22)2/h3,5-10,13,20,30,34H,1,4,11-12,14-15H2,2H3. The largest absolute Gasteiger partial charge is 0.396 e. The van der Waals surface area contributed by atoms with Crippen LogP contribution in [0.2, 0.25) is 5.02 Å². The molecule has 7 nitrogen and oxygen atoms in total. The summed E-state index contributed by atoms with van der Waals surface area (Å²) in [5.74, 6) is 0.370. The first-order valence-corrected chi connectivity index (χ1v) is 14.2. The van der Waals surface area contributed by atoms with Crippen molar-refractivity contribution >= 4 is 48.4 Å². The van der Waals surface area contributed by atoms with E-state index in [1.807, 2.05) is 17.0 Å². The van der Waals surface area contributed by atoms with Crippen LogP contribution in [0, 0.1) is 0 Å². The number of aromatic nitrogens is 2. The van der Waals surface area contributed by atoms with E-state index in [1.54, 1.807) is 31.3 Å². The van der Waals surface area contributed by atoms with Gasteiger partial charge in [0, 0.05) is 43.8 Å². The van der Waals surface area contributed by atoms with Gasteiger partial charge in [-0.1, -0.05) is 46.4 Å². The van der Waals surface area contributed by atoms with Crippen LogP contribution in [0.1, 0.15) is 23.1 Å². The van der Waals surface area contributed by atoms with Gasteiger partial charge in [-0.2, -0.15) is 8.78 Å². The molecule has 1 aliphatic rings. The van der Waals surface area contributed by atoms with E-state index in [2.05, 4.69) is 9.83 Å². The van der Waals surface area contributed by atoms with Crippen molar-refractivity contribution in [2.75, 3.05) is 16.8 Å². The SMILES string of the molecule is C=IC(F)(F)c1cccc(CC2Nc3c(c(=O)n(CCCO)c(=O)n3C)N2Cc2ccc(Cl)cc2)c1. The van der Waals surface area contributed by atoms with Gasteiger partial charge >= 0.3 is 9.62 Å². The predicted octanol–water partition coefficient (Wildman–Crippen LogP) is 4.04. The Labute approximate surface area is 221 Å². The number of nitrogens with one attached hydrogen (secondary N) is 1. The lowest BCUT2D eigenvalue weighted by molar-refractivity contribution is 0.127. The Morgan fingerprint density at radius 3 is 2.56 bits per heavy atom. The quantitative estimate of drug-likeness (QED) is 0.276. The summed E-state index contributed by atoms with van der Waals surface area (Å²) in [6, 6.07) is 13.5. The first-order chi connectivity index (χ1) is 17.2. The number of halogens is 4. The van der Waals surface area contributed by atoms with Gasteiger partial charge in [0.05, 0.1) is 0 Å². The Kier molecular flexibility index (Phi) is 7.96. The van der Waals surface area contributed by atoms with Gasteiger partial charge in [-0.3, -0.25) is 13.9 Å². The molecule has 0 bridgehead atoms. The van der Waals surface area contributed by atoms with Crippen LogP contribution >= 0.6 is 32.3 Å². The van der Waals surface area contributed by atoms with Crippen LogP contribution in [0.5, 0.6) is 0 Å². The van der Waals surface area contributed by atoms with Crippen LogP contribution in [0.25, 0.3) is 0 Å². The number of rotatable bonds is 9. The third-order valence-corrected chi connectivity index (χ3v) is 7.98. The Morgan fingerprint density at radius 2 is 1.89 bits per heavy atom. The first-order valence-electron chi connectivity index (χ1n) is 11.3. The topological polar surface area (TPSA) is 79.5 Å². The van der Waals surface area contributed by atoms with Gasteiger partial charge in [0.15, 0.2) is 0 Å². The maximum Gasteiger partial charge on any atom is 0.332 e. The number of nitrogens with zero attached hydrogens (tertiary/aromatic N) is 3. The summed E-state index contributed by atoms with van der Waals surface area (Å²) in [4.78, 5) is 28.2. The first kappa shape index (κ1) is 26.5. The lowest BCUT2D eigenvalue weighted by Crippen LogP contribution is -2.42. The van der Waals surface area contributed by atoms with E-state index in [1.165, 1.54) is 16.7 Å². The molecule has 2 N–H and O–H groups in total. The van der Waals surface area contributed by atoms with E-state index in [0.29, 0.717) is 35.1 Å². The predicted molar refractivity (Wildman–Crippen MR) is 148 cm³/mol. The fourth-order valence-electron chi connectivity index (χ4n) is 4.31. The maximum absolute atomic E-state index is 14.3. The summed E-state index contributed by atoms with van der Waals surface area (Å²) in [6.07, 6.45) is 0.102. The highest BCUT2D eigenvalue weighted by Gasteiger charge is 2.35. The molecule has 0 spiro atoms. The molecule has 0 amide bonds. The second-order valence-electron chi connectivity index (χ2n) is 8.52. The number of anilines is 2. The van der Waals surface area contributed by atoms with E-state index in [-0.39, 0.29) is 25.1 Å². The lowest BCUT2D eigenvalue weighted by atomic mass is 10.1. The molecule has 0 aliphatic carbocycles. The summed E-state index contributed by atoms with van der Waals surface area (Å²) >= 11 is 4.47. The number of benzene rings is 2. The van der Waals surface area contributed by atoms with Gasteiger partial charge < -0.3 is 15.3 Å². The number of aliphatic hydroxyl groups is 1. The Balaban J connectivity index is 1.77. The molecule has 0 saturated carbocycles. The third-order valence-electron chi connectivity index (χ3n) is 6.15. The molecule has 3 aromatic rings. The van der Waals surface area contributed by atoms with Crippen molar-refractivity contribution in [2.45, 2.75) is 36.0 Å². The zero-order chi connectivity index (χ0) is 26.0. The molecule has 192 valence electrons. The van der Waals surface area contributed by atoms with E-state index in [9.17, 15) is 23.5 Å². The fourth-order valence-corrected chi connectivity index (χ4v) is 5.21. The summed E-state index contributed by atoms with van der Waals surface area (Å²) in [5, 5.41) is 13.1. The number of fused-ring (bicyclic) bond motifs is 1. The highest BCUT2D eigenvalue weighted by Crippen LogP contribution is 2.39. The molecule has 1 aliphatic heterocycles. The maximum atomic E-state index is 14.3. The molecule has 11 heteroatoms. The number of hydrogen-bond donors (Lipinski definition) is 2. The normalized spacial score (nSPS) is 15.1. The average molecular weight is 631 g/mol. The summed E-state index contributed by atoms with van der Waals surface area (Å²) in [5.41, 5.74) is 0.847. The van der Waals surface area contributed by atoms with Crippen molar-refractivity contribution in [3.05, 3.63) is 91.1 Å². The highest BCUT2D eigenvalue weighted by molar-refractivity contribution is 14.2. The van der Waals surface area contributed by atoms with E-state index in [0.717, 1.165) is 10.1 Å². The van der Waals surface area contributed by atoms with E-state index < -0.39 is 42.1 Å². The van der Waals surface area contributed by atoms with Crippen molar-refractivity contribution in [2.24, 2.45) is 7.05 Å². The number of alkyl halides is 3. The van der Waals surface area contributed by atoms with Gasteiger partial charge in [-0.25, -0.2) is 4.79 Å². The van der Waals surface area contributed by atoms with Gasteiger partial charge in [-0.15, -0.1) is 0 Å². The molecule has 0 fully saturated rings. The summed E-state index contributed by atoms with van der Waals surface area (Å²) in [6.45, 7) is 0.258. The summed E-state index contributed by atoms with van der Waals surface area (Å²) in [7, 11) is 1.57. The van der Waals surface area contributed by atoms with Crippen LogP contribution in [0.15, 0.2) is 58.1 Å². The smallest absolute Gasteiger partial charge is 0.332 e. The molecule has 1 atom stereocenters. The number of hydrogen-bond acceptors (Lipinski definition) is 5. The molecule has 4 rings (SSSR count). The minimum absolute atomic E-state index is 0.0682. The van der Waals surface area contributed by atoms with Crippen LogP contribution in [-0.4, -0.2) is 31.5 Å². The van der Waals surface area contributed by atoms with Crippen LogP contribution < -0.4 is 21.5 Å². The van der Waals surface area contributed by atoms with Crippen LogP contribution in [0.4, 0.5) is 20.3 Å². The highest BCUT2D eigenvalue weighted by atomic mass is 127. The fraction of sp³-hybridized carbons (Fsp3) is 0.320. The van der Waals surface area contributed by atoms with Gasteiger partial charge in [0.2, 0.25) is 0 Å². The Morgan fingerprint density at radius 1 is 1.17 bits per heavy atom. The molecule has 2 aromatic carbocycles. The van der Waals surface area contributed by atoms with Crippen molar-refractivity contribution in [3.8, 4) is 0 Å². The average Bonchev–Trinajstić information content (AvgIpc) is 3.22. The van der Waals surface area contributed by atoms with Crippen molar-refractivity contribution in [3.63, 3.8) is 0 Å². The molecule has 1 aromatic heterocycles. The van der Waals surface area contributed by atoms with E-state index >= 15 is 0 Å². The van der Waals surface area contributed by atoms with Crippen LogP contribution in [0.3, 0.4) is 0 Å². The molecule has 1 unspecified atom stereocenters. The molecule has 0 radical (unpaired) electrons. The molecule has 2 heterocycles. The Hall–Kier alpha value is -2.57. The minimum Gasteiger partial charge on any atom is -0.396 e. The molecular weight excluding hydrogens is 605 g/mol. The monoisotopic (exact) mass is 630 g/mol. The van der Waals surface area contributed by atoms with E-state index in [4.69, 9.17) is 11.6 Å². The van der Waals surface area contributed by atoms with Gasteiger partial charge in [-0.05, 0) is 56.5 Å². The Bertz CT molecular complexity index is 1390. The minimum atomic E-state index is -2.94.